The summed E-state index contributed by atoms with van der Waals surface area (Å²) in [6.45, 7) is 4.94. The van der Waals surface area contributed by atoms with Crippen molar-refractivity contribution in [1.29, 1.82) is 0 Å². The summed E-state index contributed by atoms with van der Waals surface area (Å²) >= 11 is 0. The van der Waals surface area contributed by atoms with Crippen LogP contribution >= 0.6 is 0 Å². The second-order valence-corrected chi connectivity index (χ2v) is 3.94. The van der Waals surface area contributed by atoms with Crippen molar-refractivity contribution in [2.45, 2.75) is 46.6 Å². The molecule has 0 aromatic rings. The predicted octanol–water partition coefficient (Wildman–Crippen LogP) is 1.96. The third-order valence-corrected chi connectivity index (χ3v) is 2.60. The van der Waals surface area contributed by atoms with Crippen molar-refractivity contribution in [3.05, 3.63) is 0 Å². The van der Waals surface area contributed by atoms with Gasteiger partial charge in [0.25, 0.3) is 0 Å². The largest absolute Gasteiger partial charge is 0.465 e. The SMILES string of the molecule is C.CC1CCCOC1=O.CC1OCCC1=O. The Morgan fingerprint density at radius 1 is 1.19 bits per heavy atom. The lowest BCUT2D eigenvalue weighted by Crippen LogP contribution is -2.20. The Hall–Kier alpha value is -0.900. The molecule has 2 unspecified atom stereocenters. The number of rotatable bonds is 0. The van der Waals surface area contributed by atoms with Crippen molar-refractivity contribution in [3.8, 4) is 0 Å². The highest BCUT2D eigenvalue weighted by atomic mass is 16.5. The van der Waals surface area contributed by atoms with Crippen LogP contribution in [0.4, 0.5) is 0 Å². The fraction of sp³-hybridized carbons (Fsp3) is 0.833. The first-order chi connectivity index (χ1) is 7.11. The number of ether oxygens (including phenoxy) is 2. The Balaban J connectivity index is 0.000000267. The molecule has 2 aliphatic rings. The first-order valence-electron chi connectivity index (χ1n) is 5.42. The molecule has 2 saturated heterocycles. The van der Waals surface area contributed by atoms with E-state index in [4.69, 9.17) is 9.47 Å². The molecule has 0 bridgehead atoms. The van der Waals surface area contributed by atoms with Gasteiger partial charge in [-0.05, 0) is 19.8 Å². The third kappa shape index (κ3) is 4.75. The van der Waals surface area contributed by atoms with Crippen LogP contribution in [0.5, 0.6) is 0 Å². The molecule has 4 heteroatoms. The van der Waals surface area contributed by atoms with E-state index in [0.29, 0.717) is 19.6 Å². The predicted molar refractivity (Wildman–Crippen MR) is 61.1 cm³/mol. The van der Waals surface area contributed by atoms with Gasteiger partial charge in [-0.25, -0.2) is 0 Å². The van der Waals surface area contributed by atoms with Crippen molar-refractivity contribution in [2.75, 3.05) is 13.2 Å². The average molecular weight is 230 g/mol. The van der Waals surface area contributed by atoms with E-state index in [1.807, 2.05) is 6.92 Å². The van der Waals surface area contributed by atoms with E-state index in [2.05, 4.69) is 0 Å². The minimum atomic E-state index is -0.125. The first kappa shape index (κ1) is 15.1. The summed E-state index contributed by atoms with van der Waals surface area (Å²) in [5, 5.41) is 0. The number of carbonyl (C=O) groups is 2. The van der Waals surface area contributed by atoms with E-state index in [1.165, 1.54) is 0 Å². The molecule has 2 fully saturated rings. The van der Waals surface area contributed by atoms with Crippen LogP contribution < -0.4 is 0 Å². The number of cyclic esters (lactones) is 1. The Kier molecular flexibility index (Phi) is 6.97. The van der Waals surface area contributed by atoms with Gasteiger partial charge >= 0.3 is 5.97 Å². The highest BCUT2D eigenvalue weighted by molar-refractivity contribution is 5.84. The second-order valence-electron chi connectivity index (χ2n) is 3.94. The molecule has 0 N–H and O–H groups in total. The Morgan fingerprint density at radius 2 is 1.88 bits per heavy atom. The zero-order valence-electron chi connectivity index (χ0n) is 9.32. The smallest absolute Gasteiger partial charge is 0.308 e. The standard InChI is InChI=1S/C6H10O2.C5H8O2.CH4/c1-5-3-2-4-8-6(5)7;1-4-5(6)2-3-7-4;/h5H,2-4H2,1H3;4H,2-3H2,1H3;1H4. The Morgan fingerprint density at radius 3 is 2.12 bits per heavy atom. The molecule has 0 aliphatic carbocycles. The molecule has 0 aromatic heterocycles. The molecule has 0 aromatic carbocycles. The van der Waals surface area contributed by atoms with Crippen LogP contribution in [0.3, 0.4) is 0 Å². The highest BCUT2D eigenvalue weighted by Crippen LogP contribution is 2.12. The number of hydrogen-bond acceptors (Lipinski definition) is 4. The molecule has 2 rings (SSSR count). The minimum absolute atomic E-state index is 0. The normalized spacial score (nSPS) is 28.6. The van der Waals surface area contributed by atoms with Crippen molar-refractivity contribution in [3.63, 3.8) is 0 Å². The van der Waals surface area contributed by atoms with E-state index >= 15 is 0 Å². The van der Waals surface area contributed by atoms with Crippen molar-refractivity contribution < 1.29 is 19.1 Å². The molecule has 0 amide bonds. The molecule has 2 atom stereocenters. The summed E-state index contributed by atoms with van der Waals surface area (Å²) in [5.41, 5.74) is 0. The highest BCUT2D eigenvalue weighted by Gasteiger charge is 2.19. The summed E-state index contributed by atoms with van der Waals surface area (Å²) in [6.07, 6.45) is 2.52. The second kappa shape index (κ2) is 7.39. The van der Waals surface area contributed by atoms with Gasteiger partial charge in [-0.15, -0.1) is 0 Å². The summed E-state index contributed by atoms with van der Waals surface area (Å²) in [4.78, 5) is 21.0. The number of Topliss-reactive ketones (excluding diaryl/α,β-unsaturated/α-hetero) is 1. The molecule has 4 nitrogen and oxygen atoms in total. The number of hydrogen-bond donors (Lipinski definition) is 0. The Labute approximate surface area is 97.3 Å². The lowest BCUT2D eigenvalue weighted by Gasteiger charge is -2.15. The monoisotopic (exact) mass is 230 g/mol. The van der Waals surface area contributed by atoms with Gasteiger partial charge in [-0.3, -0.25) is 9.59 Å². The van der Waals surface area contributed by atoms with Gasteiger partial charge in [0, 0.05) is 6.42 Å². The van der Waals surface area contributed by atoms with Crippen LogP contribution in [0.1, 0.15) is 40.5 Å². The summed E-state index contributed by atoms with van der Waals surface area (Å²) in [7, 11) is 0. The topological polar surface area (TPSA) is 52.6 Å². The molecule has 94 valence electrons. The van der Waals surface area contributed by atoms with Crippen LogP contribution in [-0.2, 0) is 19.1 Å². The first-order valence-corrected chi connectivity index (χ1v) is 5.42. The van der Waals surface area contributed by atoms with Gasteiger partial charge in [0.15, 0.2) is 5.78 Å². The van der Waals surface area contributed by atoms with Crippen LogP contribution in [0.2, 0.25) is 0 Å². The fourth-order valence-corrected chi connectivity index (χ4v) is 1.45. The zero-order chi connectivity index (χ0) is 11.3. The van der Waals surface area contributed by atoms with E-state index in [9.17, 15) is 9.59 Å². The maximum Gasteiger partial charge on any atom is 0.308 e. The molecule has 16 heavy (non-hydrogen) atoms. The quantitative estimate of drug-likeness (QED) is 0.597. The van der Waals surface area contributed by atoms with E-state index in [1.54, 1.807) is 6.92 Å². The van der Waals surface area contributed by atoms with E-state index in [0.717, 1.165) is 12.8 Å². The summed E-state index contributed by atoms with van der Waals surface area (Å²) < 4.78 is 9.67. The van der Waals surface area contributed by atoms with Gasteiger partial charge in [0.1, 0.15) is 6.10 Å². The number of carbonyl (C=O) groups excluding carboxylic acids is 2. The molecule has 0 saturated carbocycles. The van der Waals surface area contributed by atoms with Crippen LogP contribution in [0, 0.1) is 5.92 Å². The summed E-state index contributed by atoms with van der Waals surface area (Å²) in [6, 6.07) is 0. The van der Waals surface area contributed by atoms with Crippen LogP contribution in [-0.4, -0.2) is 31.1 Å². The lowest BCUT2D eigenvalue weighted by molar-refractivity contribution is -0.151. The molecular formula is C12H22O4. The van der Waals surface area contributed by atoms with E-state index in [-0.39, 0.29) is 31.2 Å². The number of esters is 1. The maximum absolute atomic E-state index is 10.6. The molecule has 0 spiro atoms. The molecule has 0 radical (unpaired) electrons. The zero-order valence-corrected chi connectivity index (χ0v) is 9.32. The average Bonchev–Trinajstić information content (AvgIpc) is 2.57. The van der Waals surface area contributed by atoms with Gasteiger partial charge in [-0.2, -0.15) is 0 Å². The third-order valence-electron chi connectivity index (χ3n) is 2.60. The fourth-order valence-electron chi connectivity index (χ4n) is 1.45. The van der Waals surface area contributed by atoms with Crippen LogP contribution in [0.25, 0.3) is 0 Å². The van der Waals surface area contributed by atoms with Crippen LogP contribution in [0.15, 0.2) is 0 Å². The Bertz CT molecular complexity index is 237. The summed E-state index contributed by atoms with van der Waals surface area (Å²) in [5.74, 6) is 0.347. The molecular weight excluding hydrogens is 208 g/mol. The lowest BCUT2D eigenvalue weighted by atomic mass is 10.0. The van der Waals surface area contributed by atoms with Gasteiger partial charge in [0.05, 0.1) is 19.1 Å². The molecule has 2 heterocycles. The van der Waals surface area contributed by atoms with Gasteiger partial charge in [0.2, 0.25) is 0 Å². The van der Waals surface area contributed by atoms with Crippen molar-refractivity contribution >= 4 is 11.8 Å². The number of ketones is 1. The van der Waals surface area contributed by atoms with Gasteiger partial charge in [-0.1, -0.05) is 14.4 Å². The molecule has 2 aliphatic heterocycles. The van der Waals surface area contributed by atoms with Gasteiger partial charge < -0.3 is 9.47 Å². The van der Waals surface area contributed by atoms with Crippen molar-refractivity contribution in [2.24, 2.45) is 5.92 Å². The maximum atomic E-state index is 10.6. The minimum Gasteiger partial charge on any atom is -0.465 e. The van der Waals surface area contributed by atoms with Crippen molar-refractivity contribution in [1.82, 2.24) is 0 Å². The van der Waals surface area contributed by atoms with E-state index < -0.39 is 0 Å².